The fourth-order valence-corrected chi connectivity index (χ4v) is 4.13. The van der Waals surface area contributed by atoms with Gasteiger partial charge in [-0.05, 0) is 61.4 Å². The third-order valence-electron chi connectivity index (χ3n) is 5.47. The molecule has 1 fully saturated rings. The van der Waals surface area contributed by atoms with Gasteiger partial charge < -0.3 is 10.1 Å². The van der Waals surface area contributed by atoms with Crippen molar-refractivity contribution < 1.29 is 14.4 Å². The number of nitrogens with one attached hydrogen (secondary N) is 2. The Balaban J connectivity index is 1.66. The van der Waals surface area contributed by atoms with Crippen LogP contribution in [0.15, 0.2) is 30.3 Å². The lowest BCUT2D eigenvalue weighted by Gasteiger charge is -2.25. The average Bonchev–Trinajstić information content (AvgIpc) is 2.97. The number of carbonyl (C=O) groups excluding carboxylic acids is 3. The minimum absolute atomic E-state index is 0.207. The fraction of sp³-hybridized carbons (Fsp3) is 0.381. The number of hydrazine groups is 1. The first-order chi connectivity index (χ1) is 13.2. The molecule has 2 N–H and O–H groups in total. The highest BCUT2D eigenvalue weighted by Crippen LogP contribution is 2.41. The van der Waals surface area contributed by atoms with Gasteiger partial charge in [0.15, 0.2) is 0 Å². The first kappa shape index (κ1) is 17.7. The van der Waals surface area contributed by atoms with Crippen LogP contribution in [0.25, 0.3) is 10.8 Å². The van der Waals surface area contributed by atoms with Crippen LogP contribution in [0.5, 0.6) is 0 Å². The molecule has 4 rings (SSSR count). The lowest BCUT2D eigenvalue weighted by Crippen LogP contribution is -2.44. The highest BCUT2D eigenvalue weighted by Gasteiger charge is 2.32. The zero-order chi connectivity index (χ0) is 18.8. The number of rotatable bonds is 6. The summed E-state index contributed by atoms with van der Waals surface area (Å²) < 4.78 is 0. The maximum absolute atomic E-state index is 12.9. The SMILES string of the molecule is O=CCCCC(=O)NN1C(=O)c2cccc3c(C4CCNCC4)ccc1c23. The summed E-state index contributed by atoms with van der Waals surface area (Å²) in [6.45, 7) is 2.02. The maximum atomic E-state index is 12.9. The van der Waals surface area contributed by atoms with Crippen molar-refractivity contribution in [2.75, 3.05) is 18.1 Å². The Labute approximate surface area is 157 Å². The predicted molar refractivity (Wildman–Crippen MR) is 104 cm³/mol. The van der Waals surface area contributed by atoms with E-state index in [4.69, 9.17) is 0 Å². The van der Waals surface area contributed by atoms with E-state index in [2.05, 4.69) is 22.9 Å². The molecule has 2 aromatic carbocycles. The second kappa shape index (κ2) is 7.48. The number of hydrogen-bond acceptors (Lipinski definition) is 4. The summed E-state index contributed by atoms with van der Waals surface area (Å²) in [5.41, 5.74) is 5.35. The van der Waals surface area contributed by atoms with Crippen molar-refractivity contribution in [3.63, 3.8) is 0 Å². The Hall–Kier alpha value is -2.73. The van der Waals surface area contributed by atoms with E-state index in [1.807, 2.05) is 18.2 Å². The van der Waals surface area contributed by atoms with Crippen LogP contribution in [0.3, 0.4) is 0 Å². The summed E-state index contributed by atoms with van der Waals surface area (Å²) in [6, 6.07) is 9.85. The monoisotopic (exact) mass is 365 g/mol. The normalized spacial score (nSPS) is 16.7. The maximum Gasteiger partial charge on any atom is 0.277 e. The molecular weight excluding hydrogens is 342 g/mol. The van der Waals surface area contributed by atoms with E-state index < -0.39 is 0 Å². The Bertz CT molecular complexity index is 903. The predicted octanol–water partition coefficient (Wildman–Crippen LogP) is 2.67. The molecule has 6 nitrogen and oxygen atoms in total. The molecule has 6 heteroatoms. The van der Waals surface area contributed by atoms with E-state index in [9.17, 15) is 14.4 Å². The van der Waals surface area contributed by atoms with E-state index in [0.29, 0.717) is 24.3 Å². The third kappa shape index (κ3) is 3.21. The summed E-state index contributed by atoms with van der Waals surface area (Å²) in [6.07, 6.45) is 4.01. The molecule has 0 atom stereocenters. The van der Waals surface area contributed by atoms with Gasteiger partial charge in [-0.15, -0.1) is 0 Å². The van der Waals surface area contributed by atoms with E-state index in [1.165, 1.54) is 10.6 Å². The number of carbonyl (C=O) groups is 3. The number of unbranched alkanes of at least 4 members (excludes halogenated alkanes) is 1. The van der Waals surface area contributed by atoms with Crippen molar-refractivity contribution in [2.24, 2.45) is 0 Å². The number of piperidine rings is 1. The summed E-state index contributed by atoms with van der Waals surface area (Å²) in [5, 5.41) is 6.77. The van der Waals surface area contributed by atoms with E-state index >= 15 is 0 Å². The van der Waals surface area contributed by atoms with E-state index in [-0.39, 0.29) is 18.2 Å². The number of nitrogens with zero attached hydrogens (tertiary/aromatic N) is 1. The van der Waals surface area contributed by atoms with Gasteiger partial charge in [-0.2, -0.15) is 0 Å². The van der Waals surface area contributed by atoms with Crippen molar-refractivity contribution >= 4 is 34.6 Å². The van der Waals surface area contributed by atoms with Crippen LogP contribution >= 0.6 is 0 Å². The number of aldehydes is 1. The van der Waals surface area contributed by atoms with E-state index in [0.717, 1.165) is 48.7 Å². The largest absolute Gasteiger partial charge is 0.317 e. The minimum atomic E-state index is -0.256. The molecular formula is C21H23N3O3. The minimum Gasteiger partial charge on any atom is -0.317 e. The van der Waals surface area contributed by atoms with Gasteiger partial charge in [0.1, 0.15) is 6.29 Å². The summed E-state index contributed by atoms with van der Waals surface area (Å²) >= 11 is 0. The zero-order valence-electron chi connectivity index (χ0n) is 15.2. The molecule has 0 spiro atoms. The Morgan fingerprint density at radius 2 is 2.04 bits per heavy atom. The molecule has 0 unspecified atom stereocenters. The van der Waals surface area contributed by atoms with E-state index in [1.54, 1.807) is 0 Å². The van der Waals surface area contributed by atoms with Crippen molar-refractivity contribution in [3.8, 4) is 0 Å². The molecule has 0 aromatic heterocycles. The molecule has 27 heavy (non-hydrogen) atoms. The first-order valence-corrected chi connectivity index (χ1v) is 9.54. The molecule has 2 aliphatic heterocycles. The molecule has 0 bridgehead atoms. The Kier molecular flexibility index (Phi) is 4.90. The van der Waals surface area contributed by atoms with Crippen LogP contribution in [0, 0.1) is 0 Å². The highest BCUT2D eigenvalue weighted by molar-refractivity contribution is 6.25. The second-order valence-electron chi connectivity index (χ2n) is 7.16. The summed E-state index contributed by atoms with van der Waals surface area (Å²) in [5.74, 6) is 0.0213. The van der Waals surface area contributed by atoms with Gasteiger partial charge in [0, 0.05) is 18.2 Å². The Morgan fingerprint density at radius 3 is 2.81 bits per heavy atom. The second-order valence-corrected chi connectivity index (χ2v) is 7.16. The first-order valence-electron chi connectivity index (χ1n) is 9.54. The topological polar surface area (TPSA) is 78.5 Å². The zero-order valence-corrected chi connectivity index (χ0v) is 15.2. The van der Waals surface area contributed by atoms with Gasteiger partial charge in [-0.25, -0.2) is 5.01 Å². The fourth-order valence-electron chi connectivity index (χ4n) is 4.13. The van der Waals surface area contributed by atoms with Crippen LogP contribution in [-0.4, -0.2) is 31.2 Å². The van der Waals surface area contributed by atoms with Gasteiger partial charge >= 0.3 is 0 Å². The number of benzene rings is 2. The van der Waals surface area contributed by atoms with Crippen molar-refractivity contribution in [3.05, 3.63) is 41.5 Å². The van der Waals surface area contributed by atoms with Crippen LogP contribution in [0.4, 0.5) is 5.69 Å². The van der Waals surface area contributed by atoms with Crippen LogP contribution < -0.4 is 15.8 Å². The molecule has 0 radical (unpaired) electrons. The molecule has 2 heterocycles. The third-order valence-corrected chi connectivity index (χ3v) is 5.47. The lowest BCUT2D eigenvalue weighted by molar-refractivity contribution is -0.121. The van der Waals surface area contributed by atoms with Crippen molar-refractivity contribution in [1.82, 2.24) is 10.7 Å². The molecule has 0 aliphatic carbocycles. The smallest absolute Gasteiger partial charge is 0.277 e. The Morgan fingerprint density at radius 1 is 1.22 bits per heavy atom. The van der Waals surface area contributed by atoms with Gasteiger partial charge in [0.05, 0.1) is 11.3 Å². The van der Waals surface area contributed by atoms with Crippen LogP contribution in [0.2, 0.25) is 0 Å². The molecule has 2 amide bonds. The summed E-state index contributed by atoms with van der Waals surface area (Å²) in [4.78, 5) is 35.5. The molecule has 140 valence electrons. The number of hydrogen-bond donors (Lipinski definition) is 2. The lowest BCUT2D eigenvalue weighted by atomic mass is 9.86. The average molecular weight is 365 g/mol. The molecule has 0 saturated carbocycles. The van der Waals surface area contributed by atoms with Gasteiger partial charge in [0.25, 0.3) is 5.91 Å². The molecule has 2 aromatic rings. The highest BCUT2D eigenvalue weighted by atomic mass is 16.2. The van der Waals surface area contributed by atoms with Gasteiger partial charge in [-0.1, -0.05) is 18.2 Å². The summed E-state index contributed by atoms with van der Waals surface area (Å²) in [7, 11) is 0. The molecule has 2 aliphatic rings. The standard InChI is InChI=1S/C21H23N3O3/c25-13-2-1-6-19(26)23-24-18-8-7-15(14-9-11-22-12-10-14)16-4-3-5-17(20(16)18)21(24)27/h3-5,7-8,13-14,22H,1-2,6,9-12H2,(H,23,26). The van der Waals surface area contributed by atoms with Crippen molar-refractivity contribution in [1.29, 1.82) is 0 Å². The van der Waals surface area contributed by atoms with Gasteiger partial charge in [0.2, 0.25) is 5.91 Å². The van der Waals surface area contributed by atoms with Crippen LogP contribution in [-0.2, 0) is 9.59 Å². The van der Waals surface area contributed by atoms with Crippen molar-refractivity contribution in [2.45, 2.75) is 38.0 Å². The molecule has 1 saturated heterocycles. The van der Waals surface area contributed by atoms with Crippen LogP contribution in [0.1, 0.15) is 53.9 Å². The van der Waals surface area contributed by atoms with Gasteiger partial charge in [-0.3, -0.25) is 15.0 Å². The number of amides is 2. The number of anilines is 1. The quantitative estimate of drug-likeness (QED) is 0.609.